The van der Waals surface area contributed by atoms with E-state index in [1.807, 2.05) is 0 Å². The van der Waals surface area contributed by atoms with E-state index >= 15 is 0 Å². The van der Waals surface area contributed by atoms with Gasteiger partial charge in [-0.05, 0) is 6.07 Å². The summed E-state index contributed by atoms with van der Waals surface area (Å²) in [5.41, 5.74) is 5.35. The third kappa shape index (κ3) is 0.771. The van der Waals surface area contributed by atoms with Crippen LogP contribution in [0.25, 0.3) is 0 Å². The molecule has 0 aliphatic carbocycles. The van der Waals surface area contributed by atoms with E-state index in [-0.39, 0.29) is 11.4 Å². The smallest absolute Gasteiger partial charge is 0.356 e. The molecule has 5 heteroatoms. The molecule has 0 radical (unpaired) electrons. The minimum atomic E-state index is -1.12. The van der Waals surface area contributed by atoms with Gasteiger partial charge in [-0.3, -0.25) is 4.68 Å². The summed E-state index contributed by atoms with van der Waals surface area (Å²) < 4.78 is 0.970. The predicted octanol–water partition coefficient (Wildman–Crippen LogP) is -0.518. The molecule has 0 fully saturated rings. The lowest BCUT2D eigenvalue weighted by molar-refractivity contribution is 0.0689. The molecule has 1 rings (SSSR count). The summed E-state index contributed by atoms with van der Waals surface area (Å²) in [5, 5.41) is 8.45. The summed E-state index contributed by atoms with van der Waals surface area (Å²) in [4.78, 5) is 10.3. The zero-order valence-electron chi connectivity index (χ0n) is 5.11. The lowest BCUT2D eigenvalue weighted by Gasteiger charge is -1.96. The summed E-state index contributed by atoms with van der Waals surface area (Å²) >= 11 is 0. The van der Waals surface area contributed by atoms with Crippen molar-refractivity contribution in [1.82, 2.24) is 4.68 Å². The van der Waals surface area contributed by atoms with Crippen molar-refractivity contribution < 1.29 is 9.90 Å². The van der Waals surface area contributed by atoms with E-state index in [9.17, 15) is 4.79 Å². The van der Waals surface area contributed by atoms with Crippen LogP contribution >= 0.6 is 0 Å². The molecule has 5 nitrogen and oxygen atoms in total. The zero-order valence-corrected chi connectivity index (χ0v) is 5.11. The monoisotopic (exact) mass is 141 g/mol. The van der Waals surface area contributed by atoms with Crippen molar-refractivity contribution in [3.8, 4) is 0 Å². The van der Waals surface area contributed by atoms with Crippen molar-refractivity contribution >= 4 is 11.7 Å². The average Bonchev–Trinajstić information content (AvgIpc) is 2.11. The summed E-state index contributed by atoms with van der Waals surface area (Å²) in [5.74, 6) is 4.08. The molecule has 0 aliphatic heterocycles. The Labute approximate surface area is 56.8 Å². The number of carboxylic acids is 1. The second kappa shape index (κ2) is 1.94. The molecule has 10 heavy (non-hydrogen) atoms. The van der Waals surface area contributed by atoms with Crippen molar-refractivity contribution in [2.24, 2.45) is 0 Å². The number of carbonyl (C=O) groups is 1. The van der Waals surface area contributed by atoms with Crippen LogP contribution in [0.3, 0.4) is 0 Å². The third-order valence-electron chi connectivity index (χ3n) is 1.15. The Hall–Kier alpha value is -1.65. The van der Waals surface area contributed by atoms with E-state index in [1.54, 1.807) is 0 Å². The molecule has 1 aromatic heterocycles. The van der Waals surface area contributed by atoms with Crippen molar-refractivity contribution in [1.29, 1.82) is 0 Å². The molecule has 0 bridgehead atoms. The Balaban J connectivity index is 3.23. The van der Waals surface area contributed by atoms with Gasteiger partial charge in [0.1, 0.15) is 0 Å². The molecule has 0 saturated carbocycles. The molecule has 0 amide bonds. The van der Waals surface area contributed by atoms with E-state index in [4.69, 9.17) is 16.7 Å². The molecule has 0 spiro atoms. The largest absolute Gasteiger partial charge is 0.476 e. The van der Waals surface area contributed by atoms with Gasteiger partial charge < -0.3 is 16.7 Å². The number of nitrogens with zero attached hydrogens (tertiary/aromatic N) is 1. The summed E-state index contributed by atoms with van der Waals surface area (Å²) in [6.45, 7) is 0. The fourth-order valence-electron chi connectivity index (χ4n) is 0.697. The molecule has 0 aliphatic rings. The van der Waals surface area contributed by atoms with E-state index in [2.05, 4.69) is 0 Å². The number of anilines is 1. The Morgan fingerprint density at radius 3 is 2.50 bits per heavy atom. The minimum Gasteiger partial charge on any atom is -0.476 e. The van der Waals surface area contributed by atoms with Gasteiger partial charge in [0.05, 0.1) is 5.69 Å². The Kier molecular flexibility index (Phi) is 1.26. The minimum absolute atomic E-state index is 0.0833. The van der Waals surface area contributed by atoms with Crippen LogP contribution in [-0.2, 0) is 0 Å². The maximum atomic E-state index is 10.3. The second-order valence-electron chi connectivity index (χ2n) is 1.83. The van der Waals surface area contributed by atoms with Crippen LogP contribution in [0, 0.1) is 0 Å². The molecule has 0 aromatic carbocycles. The first kappa shape index (κ1) is 6.47. The van der Waals surface area contributed by atoms with Gasteiger partial charge in [-0.2, -0.15) is 0 Å². The zero-order chi connectivity index (χ0) is 7.72. The van der Waals surface area contributed by atoms with Gasteiger partial charge in [-0.1, -0.05) is 0 Å². The summed E-state index contributed by atoms with van der Waals surface area (Å²) in [6, 6.07) is 1.43. The van der Waals surface area contributed by atoms with Crippen LogP contribution < -0.4 is 11.6 Å². The predicted molar refractivity (Wildman–Crippen MR) is 36.0 cm³/mol. The lowest BCUT2D eigenvalue weighted by Crippen LogP contribution is -2.15. The fourth-order valence-corrected chi connectivity index (χ4v) is 0.697. The molecule has 1 aromatic rings. The average molecular weight is 141 g/mol. The fraction of sp³-hybridized carbons (Fsp3) is 0. The number of hydrogen-bond donors (Lipinski definition) is 3. The Bertz CT molecular complexity index is 246. The SMILES string of the molecule is Nc1ccn(N)c1C(=O)O. The van der Waals surface area contributed by atoms with Gasteiger partial charge in [-0.15, -0.1) is 0 Å². The van der Waals surface area contributed by atoms with E-state index in [0.717, 1.165) is 4.68 Å². The highest BCUT2D eigenvalue weighted by Gasteiger charge is 2.11. The molecular formula is C5H7N3O2. The van der Waals surface area contributed by atoms with Gasteiger partial charge >= 0.3 is 5.97 Å². The quantitative estimate of drug-likeness (QED) is 0.459. The number of rotatable bonds is 1. The molecule has 0 unspecified atom stereocenters. The van der Waals surface area contributed by atoms with Crippen LogP contribution in [-0.4, -0.2) is 15.8 Å². The van der Waals surface area contributed by atoms with E-state index < -0.39 is 5.97 Å². The van der Waals surface area contributed by atoms with Crippen molar-refractivity contribution in [3.05, 3.63) is 18.0 Å². The van der Waals surface area contributed by atoms with Crippen LogP contribution in [0.15, 0.2) is 12.3 Å². The first-order valence-corrected chi connectivity index (χ1v) is 2.58. The highest BCUT2D eigenvalue weighted by molar-refractivity contribution is 5.91. The highest BCUT2D eigenvalue weighted by atomic mass is 16.4. The van der Waals surface area contributed by atoms with Crippen LogP contribution in [0.2, 0.25) is 0 Å². The number of hydrogen-bond acceptors (Lipinski definition) is 3. The molecule has 54 valence electrons. The standard InChI is InChI=1S/C5H7N3O2/c6-3-1-2-8(7)4(3)5(9)10/h1-2H,6-7H2,(H,9,10). The van der Waals surface area contributed by atoms with Gasteiger partial charge in [0.15, 0.2) is 5.69 Å². The molecule has 0 saturated heterocycles. The van der Waals surface area contributed by atoms with Crippen molar-refractivity contribution in [3.63, 3.8) is 0 Å². The first-order chi connectivity index (χ1) is 4.63. The highest BCUT2D eigenvalue weighted by Crippen LogP contribution is 2.09. The van der Waals surface area contributed by atoms with Gasteiger partial charge in [0, 0.05) is 6.20 Å². The third-order valence-corrected chi connectivity index (χ3v) is 1.15. The van der Waals surface area contributed by atoms with Crippen LogP contribution in [0.4, 0.5) is 5.69 Å². The van der Waals surface area contributed by atoms with Crippen molar-refractivity contribution in [2.75, 3.05) is 11.6 Å². The number of nitrogen functional groups attached to an aromatic ring is 2. The van der Waals surface area contributed by atoms with Crippen LogP contribution in [0.1, 0.15) is 10.5 Å². The molecule has 1 heterocycles. The molecular weight excluding hydrogens is 134 g/mol. The lowest BCUT2D eigenvalue weighted by atomic mass is 10.4. The first-order valence-electron chi connectivity index (χ1n) is 2.58. The Morgan fingerprint density at radius 1 is 1.70 bits per heavy atom. The van der Waals surface area contributed by atoms with E-state index in [0.29, 0.717) is 0 Å². The number of nitrogens with two attached hydrogens (primary N) is 2. The maximum absolute atomic E-state index is 10.3. The van der Waals surface area contributed by atoms with Gasteiger partial charge in [-0.25, -0.2) is 4.79 Å². The maximum Gasteiger partial charge on any atom is 0.356 e. The molecule has 0 atom stereocenters. The number of carboxylic acid groups (broad SMARTS) is 1. The van der Waals surface area contributed by atoms with Gasteiger partial charge in [0.2, 0.25) is 0 Å². The van der Waals surface area contributed by atoms with E-state index in [1.165, 1.54) is 12.3 Å². The van der Waals surface area contributed by atoms with Crippen molar-refractivity contribution in [2.45, 2.75) is 0 Å². The van der Waals surface area contributed by atoms with Gasteiger partial charge in [0.25, 0.3) is 0 Å². The number of aromatic carboxylic acids is 1. The number of aromatic nitrogens is 1. The topological polar surface area (TPSA) is 94.3 Å². The van der Waals surface area contributed by atoms with Crippen LogP contribution in [0.5, 0.6) is 0 Å². The normalized spacial score (nSPS) is 9.60. The molecule has 5 N–H and O–H groups in total. The second-order valence-corrected chi connectivity index (χ2v) is 1.83. The summed E-state index contributed by atoms with van der Waals surface area (Å²) in [7, 11) is 0. The Morgan fingerprint density at radius 2 is 2.30 bits per heavy atom. The summed E-state index contributed by atoms with van der Waals surface area (Å²) in [6.07, 6.45) is 1.39.